The van der Waals surface area contributed by atoms with Crippen LogP contribution in [0.15, 0.2) is 17.1 Å². The maximum Gasteiger partial charge on any atom is 0.173 e. The van der Waals surface area contributed by atoms with Crippen LogP contribution in [0.3, 0.4) is 0 Å². The van der Waals surface area contributed by atoms with Gasteiger partial charge in [-0.1, -0.05) is 20.8 Å². The highest BCUT2D eigenvalue weighted by Crippen LogP contribution is 2.22. The molecule has 0 aliphatic heterocycles. The Balaban J connectivity index is 2.83. The lowest BCUT2D eigenvalue weighted by atomic mass is 9.92. The van der Waals surface area contributed by atoms with Gasteiger partial charge in [-0.25, -0.2) is 9.79 Å². The second-order valence-corrected chi connectivity index (χ2v) is 3.95. The van der Waals surface area contributed by atoms with Crippen LogP contribution in [-0.4, -0.2) is 22.4 Å². The van der Waals surface area contributed by atoms with Gasteiger partial charge in [-0.2, -0.15) is 5.10 Å². The van der Waals surface area contributed by atoms with E-state index in [1.807, 2.05) is 6.07 Å². The molecular formula is C10H13N3O. The predicted molar refractivity (Wildman–Crippen MR) is 55.7 cm³/mol. The number of hydrogen-bond donors (Lipinski definition) is 1. The normalized spacial score (nSPS) is 11.6. The first-order chi connectivity index (χ1) is 6.54. The predicted octanol–water partition coefficient (Wildman–Crippen LogP) is 1.80. The van der Waals surface area contributed by atoms with Gasteiger partial charge in [0.05, 0.1) is 0 Å². The van der Waals surface area contributed by atoms with Crippen LogP contribution in [-0.2, 0) is 10.2 Å². The van der Waals surface area contributed by atoms with E-state index in [9.17, 15) is 4.79 Å². The summed E-state index contributed by atoms with van der Waals surface area (Å²) in [5.74, 6) is 2.18. The zero-order valence-corrected chi connectivity index (χ0v) is 8.53. The summed E-state index contributed by atoms with van der Waals surface area (Å²) >= 11 is 0. The highest BCUT2D eigenvalue weighted by Gasteiger charge is 2.15. The average molecular weight is 191 g/mol. The standard InChI is InChI=1S/C10H13N3O/c1-10(2,3)8-7-9(13-12-8)11-5-4-6-14/h4-5,7H,1-3H3,(H,12,13). The number of aromatic amines is 1. The van der Waals surface area contributed by atoms with E-state index in [1.54, 1.807) is 5.94 Å². The van der Waals surface area contributed by atoms with E-state index in [0.29, 0.717) is 5.82 Å². The van der Waals surface area contributed by atoms with Gasteiger partial charge in [0, 0.05) is 29.5 Å². The number of allylic oxidation sites excluding steroid dienone is 1. The minimum atomic E-state index is 0.0290. The van der Waals surface area contributed by atoms with Crippen molar-refractivity contribution in [2.75, 3.05) is 0 Å². The Labute approximate surface area is 82.8 Å². The molecule has 0 spiro atoms. The summed E-state index contributed by atoms with van der Waals surface area (Å²) in [6, 6.07) is 1.86. The third kappa shape index (κ3) is 2.68. The molecule has 0 saturated carbocycles. The molecule has 0 fully saturated rings. The van der Waals surface area contributed by atoms with E-state index in [4.69, 9.17) is 0 Å². The molecule has 74 valence electrons. The van der Waals surface area contributed by atoms with Gasteiger partial charge in [-0.3, -0.25) is 5.10 Å². The minimum absolute atomic E-state index is 0.0290. The maximum atomic E-state index is 9.86. The number of nitrogens with zero attached hydrogens (tertiary/aromatic N) is 2. The number of rotatable bonds is 2. The lowest BCUT2D eigenvalue weighted by Crippen LogP contribution is -2.11. The number of aliphatic imine (C=N–C) groups is 1. The number of H-pyrrole nitrogens is 1. The van der Waals surface area contributed by atoms with Crippen molar-refractivity contribution < 1.29 is 4.79 Å². The van der Waals surface area contributed by atoms with E-state index < -0.39 is 0 Å². The van der Waals surface area contributed by atoms with E-state index in [0.717, 1.165) is 5.69 Å². The van der Waals surface area contributed by atoms with Gasteiger partial charge in [0.15, 0.2) is 5.82 Å². The molecule has 1 aromatic heterocycles. The van der Waals surface area contributed by atoms with Crippen molar-refractivity contribution in [1.82, 2.24) is 10.2 Å². The Kier molecular flexibility index (Phi) is 2.99. The van der Waals surface area contributed by atoms with Crippen LogP contribution in [0.4, 0.5) is 5.82 Å². The summed E-state index contributed by atoms with van der Waals surface area (Å²) in [4.78, 5) is 13.8. The van der Waals surface area contributed by atoms with E-state index >= 15 is 0 Å². The van der Waals surface area contributed by atoms with Crippen molar-refractivity contribution in [3.8, 4) is 0 Å². The molecule has 0 saturated heterocycles. The summed E-state index contributed by atoms with van der Waals surface area (Å²) in [5.41, 5.74) is 1.04. The second kappa shape index (κ2) is 4.03. The van der Waals surface area contributed by atoms with Gasteiger partial charge in [0.2, 0.25) is 0 Å². The van der Waals surface area contributed by atoms with Gasteiger partial charge >= 0.3 is 0 Å². The molecule has 4 nitrogen and oxygen atoms in total. The SMILES string of the molecule is CC(C)(C)c1cc(N=CC=C=O)n[nH]1. The molecule has 0 unspecified atom stereocenters. The summed E-state index contributed by atoms with van der Waals surface area (Å²) in [6.07, 6.45) is 2.57. The van der Waals surface area contributed by atoms with Crippen LogP contribution in [0, 0.1) is 0 Å². The first-order valence-electron chi connectivity index (χ1n) is 4.33. The van der Waals surface area contributed by atoms with Gasteiger partial charge in [-0.05, 0) is 0 Å². The maximum absolute atomic E-state index is 9.86. The number of carbonyl (C=O) groups excluding carboxylic acids is 1. The van der Waals surface area contributed by atoms with Crippen molar-refractivity contribution in [2.24, 2.45) is 4.99 Å². The van der Waals surface area contributed by atoms with Crippen molar-refractivity contribution in [1.29, 1.82) is 0 Å². The molecule has 4 heteroatoms. The summed E-state index contributed by atoms with van der Waals surface area (Å²) < 4.78 is 0. The molecule has 0 amide bonds. The molecule has 14 heavy (non-hydrogen) atoms. The van der Waals surface area contributed by atoms with Crippen LogP contribution >= 0.6 is 0 Å². The fourth-order valence-corrected chi connectivity index (χ4v) is 0.906. The van der Waals surface area contributed by atoms with Crippen LogP contribution in [0.1, 0.15) is 26.5 Å². The Morgan fingerprint density at radius 3 is 2.79 bits per heavy atom. The molecule has 0 radical (unpaired) electrons. The molecule has 0 aliphatic rings. The van der Waals surface area contributed by atoms with Crippen LogP contribution in [0.25, 0.3) is 0 Å². The molecule has 0 atom stereocenters. The van der Waals surface area contributed by atoms with Crippen LogP contribution in [0.5, 0.6) is 0 Å². The quantitative estimate of drug-likeness (QED) is 0.572. The summed E-state index contributed by atoms with van der Waals surface area (Å²) in [7, 11) is 0. The summed E-state index contributed by atoms with van der Waals surface area (Å²) in [5, 5.41) is 6.88. The number of aromatic nitrogens is 2. The molecular weight excluding hydrogens is 178 g/mol. The van der Waals surface area contributed by atoms with Crippen molar-refractivity contribution in [3.05, 3.63) is 17.8 Å². The highest BCUT2D eigenvalue weighted by atomic mass is 16.1. The van der Waals surface area contributed by atoms with Gasteiger partial charge in [-0.15, -0.1) is 0 Å². The van der Waals surface area contributed by atoms with Crippen molar-refractivity contribution >= 4 is 18.0 Å². The van der Waals surface area contributed by atoms with Gasteiger partial charge in [0.1, 0.15) is 5.94 Å². The zero-order chi connectivity index (χ0) is 10.6. The lowest BCUT2D eigenvalue weighted by molar-refractivity contribution is 0.567. The largest absolute Gasteiger partial charge is 0.280 e. The smallest absolute Gasteiger partial charge is 0.173 e. The van der Waals surface area contributed by atoms with Crippen molar-refractivity contribution in [3.63, 3.8) is 0 Å². The molecule has 1 rings (SSSR count). The van der Waals surface area contributed by atoms with E-state index in [1.165, 1.54) is 12.3 Å². The molecule has 0 aromatic carbocycles. The number of nitrogens with one attached hydrogen (secondary N) is 1. The first kappa shape index (κ1) is 10.4. The Morgan fingerprint density at radius 1 is 1.57 bits per heavy atom. The average Bonchev–Trinajstić information content (AvgIpc) is 2.52. The monoisotopic (exact) mass is 191 g/mol. The Bertz CT molecular complexity index is 378. The zero-order valence-electron chi connectivity index (χ0n) is 8.53. The third-order valence-electron chi connectivity index (χ3n) is 1.72. The van der Waals surface area contributed by atoms with E-state index in [2.05, 4.69) is 36.0 Å². The number of hydrogen-bond acceptors (Lipinski definition) is 3. The molecule has 1 heterocycles. The highest BCUT2D eigenvalue weighted by molar-refractivity contribution is 5.82. The fourth-order valence-electron chi connectivity index (χ4n) is 0.906. The van der Waals surface area contributed by atoms with E-state index in [-0.39, 0.29) is 5.41 Å². The van der Waals surface area contributed by atoms with Crippen LogP contribution < -0.4 is 0 Å². The third-order valence-corrected chi connectivity index (χ3v) is 1.72. The topological polar surface area (TPSA) is 58.1 Å². The molecule has 0 aliphatic carbocycles. The van der Waals surface area contributed by atoms with Gasteiger partial charge < -0.3 is 0 Å². The minimum Gasteiger partial charge on any atom is -0.280 e. The Hall–Kier alpha value is -1.67. The Morgan fingerprint density at radius 2 is 2.29 bits per heavy atom. The van der Waals surface area contributed by atoms with Crippen molar-refractivity contribution in [2.45, 2.75) is 26.2 Å². The lowest BCUT2D eigenvalue weighted by Gasteiger charge is -2.14. The van der Waals surface area contributed by atoms with Gasteiger partial charge in [0.25, 0.3) is 0 Å². The molecule has 1 N–H and O–H groups in total. The molecule has 0 bridgehead atoms. The fraction of sp³-hybridized carbons (Fsp3) is 0.400. The second-order valence-electron chi connectivity index (χ2n) is 3.95. The molecule has 1 aromatic rings. The van der Waals surface area contributed by atoms with Crippen LogP contribution in [0.2, 0.25) is 0 Å². The summed E-state index contributed by atoms with van der Waals surface area (Å²) in [6.45, 7) is 6.25. The first-order valence-corrected chi connectivity index (χ1v) is 4.33.